The molecule has 1 fully saturated rings. The van der Waals surface area contributed by atoms with Crippen LogP contribution in [0, 0.1) is 0 Å². The zero-order chi connectivity index (χ0) is 23.7. The molecule has 1 aliphatic rings. The van der Waals surface area contributed by atoms with Crippen molar-refractivity contribution in [1.29, 1.82) is 0 Å². The third kappa shape index (κ3) is 4.92. The monoisotopic (exact) mass is 486 g/mol. The summed E-state index contributed by atoms with van der Waals surface area (Å²) in [5, 5.41) is 9.90. The lowest BCUT2D eigenvalue weighted by Gasteiger charge is -2.31. The van der Waals surface area contributed by atoms with Gasteiger partial charge >= 0.3 is 6.18 Å². The van der Waals surface area contributed by atoms with Crippen molar-refractivity contribution in [2.45, 2.75) is 30.0 Å². The molecular weight excluding hydrogens is 465 g/mol. The molecule has 1 saturated heterocycles. The van der Waals surface area contributed by atoms with E-state index in [0.29, 0.717) is 22.8 Å². The number of pyridine rings is 1. The highest BCUT2D eigenvalue weighted by atomic mass is 32.2. The number of alkyl halides is 3. The topological polar surface area (TPSA) is 109 Å². The average molecular weight is 487 g/mol. The number of aromatic amines is 1. The van der Waals surface area contributed by atoms with Crippen LogP contribution in [0.3, 0.4) is 0 Å². The van der Waals surface area contributed by atoms with E-state index in [0.717, 1.165) is 54.3 Å². The number of hydrogen-bond acceptors (Lipinski definition) is 8. The Hall–Kier alpha value is -3.38. The zero-order valence-electron chi connectivity index (χ0n) is 17.9. The van der Waals surface area contributed by atoms with Crippen molar-refractivity contribution in [3.05, 3.63) is 54.4 Å². The number of hydrogen-bond donors (Lipinski definition) is 3. The summed E-state index contributed by atoms with van der Waals surface area (Å²) in [6.45, 7) is 1.71. The van der Waals surface area contributed by atoms with Gasteiger partial charge in [-0.2, -0.15) is 18.3 Å². The van der Waals surface area contributed by atoms with Gasteiger partial charge in [-0.1, -0.05) is 12.1 Å². The zero-order valence-corrected chi connectivity index (χ0v) is 18.7. The Morgan fingerprint density at radius 3 is 2.47 bits per heavy atom. The number of anilines is 2. The second-order valence-corrected chi connectivity index (χ2v) is 9.12. The first-order valence-corrected chi connectivity index (χ1v) is 11.4. The Kier molecular flexibility index (Phi) is 6.00. The molecule has 0 aliphatic carbocycles. The van der Waals surface area contributed by atoms with Gasteiger partial charge in [0.1, 0.15) is 5.82 Å². The number of nitrogens with one attached hydrogen (secondary N) is 2. The summed E-state index contributed by atoms with van der Waals surface area (Å²) in [6.07, 6.45) is -0.0811. The minimum absolute atomic E-state index is 0.173. The number of nitrogen functional groups attached to an aromatic ring is 1. The van der Waals surface area contributed by atoms with Crippen LogP contribution in [-0.4, -0.2) is 48.6 Å². The number of halogens is 3. The number of rotatable bonds is 5. The molecule has 8 nitrogen and oxygen atoms in total. The van der Waals surface area contributed by atoms with Crippen molar-refractivity contribution in [2.75, 3.05) is 24.1 Å². The third-order valence-electron chi connectivity index (χ3n) is 5.58. The highest BCUT2D eigenvalue weighted by Gasteiger charge is 2.30. The Morgan fingerprint density at radius 1 is 1.03 bits per heavy atom. The summed E-state index contributed by atoms with van der Waals surface area (Å²) >= 11 is 1.68. The SMILES string of the molecule is Nc1n[nH]c2ncc(-c3ccc(SN4CCC(Nc5ccc(C(F)(F)F)cn5)CC4)cc3)nc12. The fourth-order valence-electron chi connectivity index (χ4n) is 3.74. The second-order valence-electron chi connectivity index (χ2n) is 7.95. The second kappa shape index (κ2) is 9.11. The van der Waals surface area contributed by atoms with E-state index in [-0.39, 0.29) is 6.04 Å². The number of nitrogens with zero attached hydrogens (tertiary/aromatic N) is 5. The molecule has 0 saturated carbocycles. The van der Waals surface area contributed by atoms with Gasteiger partial charge in [-0.05, 0) is 49.1 Å². The highest BCUT2D eigenvalue weighted by molar-refractivity contribution is 7.97. The molecule has 1 aromatic carbocycles. The summed E-state index contributed by atoms with van der Waals surface area (Å²) in [5.41, 5.74) is 7.85. The minimum atomic E-state index is -4.37. The first-order chi connectivity index (χ1) is 16.3. The van der Waals surface area contributed by atoms with Crippen molar-refractivity contribution in [3.63, 3.8) is 0 Å². The number of fused-ring (bicyclic) bond motifs is 1. The maximum absolute atomic E-state index is 12.7. The highest BCUT2D eigenvalue weighted by Crippen LogP contribution is 2.31. The van der Waals surface area contributed by atoms with E-state index in [4.69, 9.17) is 5.73 Å². The van der Waals surface area contributed by atoms with E-state index < -0.39 is 11.7 Å². The first kappa shape index (κ1) is 22.4. The van der Waals surface area contributed by atoms with Crippen LogP contribution in [0.4, 0.5) is 24.8 Å². The maximum atomic E-state index is 12.7. The molecule has 4 N–H and O–H groups in total. The molecule has 3 aromatic heterocycles. The lowest BCUT2D eigenvalue weighted by atomic mass is 10.1. The van der Waals surface area contributed by atoms with Gasteiger partial charge in [-0.25, -0.2) is 19.3 Å². The van der Waals surface area contributed by atoms with Gasteiger partial charge in [0, 0.05) is 35.8 Å². The van der Waals surface area contributed by atoms with Gasteiger partial charge in [0.25, 0.3) is 0 Å². The normalized spacial score (nSPS) is 15.6. The van der Waals surface area contributed by atoms with Crippen LogP contribution in [0.15, 0.2) is 53.7 Å². The van der Waals surface area contributed by atoms with Gasteiger partial charge in [-0.15, -0.1) is 0 Å². The quantitative estimate of drug-likeness (QED) is 0.351. The van der Waals surface area contributed by atoms with Crippen molar-refractivity contribution in [1.82, 2.24) is 29.5 Å². The Morgan fingerprint density at radius 2 is 1.79 bits per heavy atom. The Labute approximate surface area is 197 Å². The summed E-state index contributed by atoms with van der Waals surface area (Å²) in [6, 6.07) is 10.7. The van der Waals surface area contributed by atoms with Gasteiger partial charge in [-0.3, -0.25) is 5.10 Å². The van der Waals surface area contributed by atoms with Crippen molar-refractivity contribution in [3.8, 4) is 11.3 Å². The van der Waals surface area contributed by atoms with Crippen LogP contribution in [0.5, 0.6) is 0 Å². The summed E-state index contributed by atoms with van der Waals surface area (Å²) in [4.78, 5) is 13.9. The molecule has 4 aromatic rings. The van der Waals surface area contributed by atoms with Gasteiger partial charge in [0.05, 0.1) is 17.5 Å². The number of piperidine rings is 1. The molecule has 34 heavy (non-hydrogen) atoms. The van der Waals surface area contributed by atoms with E-state index in [2.05, 4.69) is 34.8 Å². The molecule has 5 rings (SSSR count). The summed E-state index contributed by atoms with van der Waals surface area (Å²) in [7, 11) is 0. The summed E-state index contributed by atoms with van der Waals surface area (Å²) < 4.78 is 40.3. The van der Waals surface area contributed by atoms with Crippen molar-refractivity contribution in [2.24, 2.45) is 0 Å². The predicted molar refractivity (Wildman–Crippen MR) is 125 cm³/mol. The van der Waals surface area contributed by atoms with Crippen molar-refractivity contribution >= 4 is 34.7 Å². The largest absolute Gasteiger partial charge is 0.417 e. The smallest absolute Gasteiger partial charge is 0.380 e. The molecule has 12 heteroatoms. The van der Waals surface area contributed by atoms with E-state index in [1.165, 1.54) is 6.07 Å². The fourth-order valence-corrected chi connectivity index (χ4v) is 4.69. The van der Waals surface area contributed by atoms with Crippen LogP contribution in [0.2, 0.25) is 0 Å². The molecule has 0 radical (unpaired) electrons. The maximum Gasteiger partial charge on any atom is 0.417 e. The molecule has 1 aliphatic heterocycles. The van der Waals surface area contributed by atoms with Crippen LogP contribution < -0.4 is 11.1 Å². The van der Waals surface area contributed by atoms with Crippen LogP contribution >= 0.6 is 11.9 Å². The average Bonchev–Trinajstić information content (AvgIpc) is 3.21. The number of H-pyrrole nitrogens is 1. The van der Waals surface area contributed by atoms with Gasteiger partial charge < -0.3 is 11.1 Å². The van der Waals surface area contributed by atoms with Crippen LogP contribution in [-0.2, 0) is 6.18 Å². The standard InChI is InChI=1S/C22H21F3N8S/c23-22(24,25)14-3-6-18(27-11-14)29-15-7-9-33(10-8-15)34-16-4-1-13(2-5-16)17-12-28-21-19(30-17)20(26)31-32-21/h1-6,11-12,15H,7-10H2,(H,27,29)(H3,26,28,31,32). The first-order valence-electron chi connectivity index (χ1n) is 10.6. The predicted octanol–water partition coefficient (Wildman–Crippen LogP) is 4.60. The molecule has 176 valence electrons. The molecular formula is C22H21F3N8S. The molecule has 0 bridgehead atoms. The van der Waals surface area contributed by atoms with E-state index in [9.17, 15) is 13.2 Å². The van der Waals surface area contributed by atoms with Gasteiger partial charge in [0.15, 0.2) is 17.0 Å². The van der Waals surface area contributed by atoms with E-state index >= 15 is 0 Å². The number of nitrogens with two attached hydrogens (primary N) is 1. The van der Waals surface area contributed by atoms with Crippen LogP contribution in [0.25, 0.3) is 22.4 Å². The number of aromatic nitrogens is 5. The summed E-state index contributed by atoms with van der Waals surface area (Å²) in [5.74, 6) is 0.789. The van der Waals surface area contributed by atoms with Gasteiger partial charge in [0.2, 0.25) is 0 Å². The van der Waals surface area contributed by atoms with Crippen molar-refractivity contribution < 1.29 is 13.2 Å². The molecule has 0 unspecified atom stereocenters. The van der Waals surface area contributed by atoms with E-state index in [1.54, 1.807) is 18.1 Å². The van der Waals surface area contributed by atoms with E-state index in [1.807, 2.05) is 24.3 Å². The Bertz CT molecular complexity index is 1270. The lowest BCUT2D eigenvalue weighted by Crippen LogP contribution is -2.35. The molecule has 0 amide bonds. The van der Waals surface area contributed by atoms with Crippen LogP contribution in [0.1, 0.15) is 18.4 Å². The lowest BCUT2D eigenvalue weighted by molar-refractivity contribution is -0.137. The minimum Gasteiger partial charge on any atom is -0.380 e. The third-order valence-corrected chi connectivity index (χ3v) is 6.69. The number of benzene rings is 1. The fraction of sp³-hybridized carbons (Fsp3) is 0.273. The molecule has 4 heterocycles. The Balaban J connectivity index is 1.14. The molecule has 0 spiro atoms. The molecule has 0 atom stereocenters.